The minimum atomic E-state index is -0.734. The van der Waals surface area contributed by atoms with Crippen LogP contribution in [-0.2, 0) is 6.42 Å². The van der Waals surface area contributed by atoms with Crippen LogP contribution >= 0.6 is 0 Å². The summed E-state index contributed by atoms with van der Waals surface area (Å²) in [5.74, 6) is 0.570. The molecule has 0 aliphatic heterocycles. The van der Waals surface area contributed by atoms with Gasteiger partial charge in [0.1, 0.15) is 5.82 Å². The van der Waals surface area contributed by atoms with E-state index in [2.05, 4.69) is 20.8 Å². The van der Waals surface area contributed by atoms with Crippen molar-refractivity contribution < 1.29 is 9.50 Å². The maximum atomic E-state index is 12.8. The third-order valence-corrected chi connectivity index (χ3v) is 3.36. The average molecular weight is 238 g/mol. The number of halogens is 1. The third-order valence-electron chi connectivity index (χ3n) is 3.36. The van der Waals surface area contributed by atoms with Crippen molar-refractivity contribution in [3.63, 3.8) is 0 Å². The maximum absolute atomic E-state index is 12.8. The van der Waals surface area contributed by atoms with E-state index >= 15 is 0 Å². The van der Waals surface area contributed by atoms with Gasteiger partial charge in [-0.05, 0) is 42.9 Å². The van der Waals surface area contributed by atoms with E-state index in [0.29, 0.717) is 12.3 Å². The summed E-state index contributed by atoms with van der Waals surface area (Å²) in [6.45, 7) is 8.25. The monoisotopic (exact) mass is 238 g/mol. The Bertz CT molecular complexity index is 340. The average Bonchev–Trinajstić information content (AvgIpc) is 2.20. The zero-order valence-corrected chi connectivity index (χ0v) is 11.2. The quantitative estimate of drug-likeness (QED) is 0.827. The highest BCUT2D eigenvalue weighted by Gasteiger charge is 2.28. The number of hydrogen-bond donors (Lipinski definition) is 1. The van der Waals surface area contributed by atoms with E-state index in [1.54, 1.807) is 12.1 Å². The molecule has 1 aromatic rings. The molecule has 0 radical (unpaired) electrons. The molecule has 0 bridgehead atoms. The Morgan fingerprint density at radius 2 is 1.71 bits per heavy atom. The first-order valence-corrected chi connectivity index (χ1v) is 6.28. The van der Waals surface area contributed by atoms with Gasteiger partial charge in [-0.3, -0.25) is 0 Å². The molecule has 2 atom stereocenters. The summed E-state index contributed by atoms with van der Waals surface area (Å²) < 4.78 is 12.8. The first-order valence-electron chi connectivity index (χ1n) is 6.28. The van der Waals surface area contributed by atoms with Crippen LogP contribution in [-0.4, -0.2) is 10.7 Å². The van der Waals surface area contributed by atoms with Crippen molar-refractivity contribution in [1.82, 2.24) is 0 Å². The van der Waals surface area contributed by atoms with Gasteiger partial charge in [0.2, 0.25) is 0 Å². The first-order chi connectivity index (χ1) is 7.81. The third kappa shape index (κ3) is 4.47. The second kappa shape index (κ2) is 5.63. The smallest absolute Gasteiger partial charge is 0.123 e. The molecule has 96 valence electrons. The van der Waals surface area contributed by atoms with Gasteiger partial charge in [0, 0.05) is 6.42 Å². The molecule has 0 aliphatic rings. The highest BCUT2D eigenvalue weighted by molar-refractivity contribution is 5.18. The van der Waals surface area contributed by atoms with Crippen LogP contribution in [0.3, 0.4) is 0 Å². The topological polar surface area (TPSA) is 20.2 Å². The fraction of sp³-hybridized carbons (Fsp3) is 0.600. The van der Waals surface area contributed by atoms with Gasteiger partial charge in [0.15, 0.2) is 0 Å². The van der Waals surface area contributed by atoms with Gasteiger partial charge in [-0.15, -0.1) is 0 Å². The Hall–Kier alpha value is -0.890. The predicted molar refractivity (Wildman–Crippen MR) is 69.3 cm³/mol. The molecule has 1 rings (SSSR count). The molecule has 0 saturated heterocycles. The van der Waals surface area contributed by atoms with Crippen LogP contribution in [0.25, 0.3) is 0 Å². The Labute approximate surface area is 104 Å². The van der Waals surface area contributed by atoms with Gasteiger partial charge in [0.05, 0.1) is 5.60 Å². The molecular formula is C15H23FO. The lowest BCUT2D eigenvalue weighted by atomic mass is 9.80. The molecule has 1 aromatic carbocycles. The van der Waals surface area contributed by atoms with Crippen molar-refractivity contribution >= 4 is 0 Å². The lowest BCUT2D eigenvalue weighted by Crippen LogP contribution is -2.36. The summed E-state index contributed by atoms with van der Waals surface area (Å²) in [5, 5.41) is 10.5. The van der Waals surface area contributed by atoms with Gasteiger partial charge in [-0.25, -0.2) is 4.39 Å². The van der Waals surface area contributed by atoms with E-state index < -0.39 is 5.60 Å². The van der Waals surface area contributed by atoms with E-state index in [4.69, 9.17) is 0 Å². The zero-order chi connectivity index (χ0) is 13.1. The van der Waals surface area contributed by atoms with Crippen molar-refractivity contribution in [1.29, 1.82) is 0 Å². The van der Waals surface area contributed by atoms with Crippen molar-refractivity contribution in [3.05, 3.63) is 35.6 Å². The molecule has 0 spiro atoms. The highest BCUT2D eigenvalue weighted by atomic mass is 19.1. The molecule has 2 heteroatoms. The van der Waals surface area contributed by atoms with Gasteiger partial charge < -0.3 is 5.11 Å². The van der Waals surface area contributed by atoms with Crippen molar-refractivity contribution in [2.24, 2.45) is 11.8 Å². The van der Waals surface area contributed by atoms with Crippen LogP contribution in [0.2, 0.25) is 0 Å². The fourth-order valence-electron chi connectivity index (χ4n) is 2.15. The SMILES string of the molecule is CC(C)CC(C)C(C)(O)Cc1ccc(F)cc1. The van der Waals surface area contributed by atoms with Crippen LogP contribution in [0.4, 0.5) is 4.39 Å². The molecule has 0 aromatic heterocycles. The maximum Gasteiger partial charge on any atom is 0.123 e. The van der Waals surface area contributed by atoms with Crippen molar-refractivity contribution in [3.8, 4) is 0 Å². The Morgan fingerprint density at radius 1 is 1.18 bits per heavy atom. The normalized spacial score (nSPS) is 16.9. The molecule has 0 saturated carbocycles. The number of hydrogen-bond acceptors (Lipinski definition) is 1. The first kappa shape index (κ1) is 14.2. The van der Waals surface area contributed by atoms with E-state index in [-0.39, 0.29) is 11.7 Å². The Morgan fingerprint density at radius 3 is 2.18 bits per heavy atom. The van der Waals surface area contributed by atoms with Crippen LogP contribution < -0.4 is 0 Å². The lowest BCUT2D eigenvalue weighted by molar-refractivity contribution is -0.00140. The molecule has 1 N–H and O–H groups in total. The molecule has 0 fully saturated rings. The summed E-state index contributed by atoms with van der Waals surface area (Å²) in [6, 6.07) is 6.37. The van der Waals surface area contributed by atoms with E-state index in [0.717, 1.165) is 12.0 Å². The minimum Gasteiger partial charge on any atom is -0.390 e. The van der Waals surface area contributed by atoms with Crippen LogP contribution in [0, 0.1) is 17.7 Å². The summed E-state index contributed by atoms with van der Waals surface area (Å²) in [7, 11) is 0. The second-order valence-corrected chi connectivity index (χ2v) is 5.69. The second-order valence-electron chi connectivity index (χ2n) is 5.69. The zero-order valence-electron chi connectivity index (χ0n) is 11.2. The Balaban J connectivity index is 2.68. The lowest BCUT2D eigenvalue weighted by Gasteiger charge is -2.31. The van der Waals surface area contributed by atoms with E-state index in [9.17, 15) is 9.50 Å². The minimum absolute atomic E-state index is 0.229. The van der Waals surface area contributed by atoms with Gasteiger partial charge in [0.25, 0.3) is 0 Å². The van der Waals surface area contributed by atoms with Crippen molar-refractivity contribution in [2.75, 3.05) is 0 Å². The molecule has 0 aliphatic carbocycles. The largest absolute Gasteiger partial charge is 0.390 e. The van der Waals surface area contributed by atoms with E-state index in [1.165, 1.54) is 12.1 Å². The van der Waals surface area contributed by atoms with Gasteiger partial charge in [-0.2, -0.15) is 0 Å². The molecule has 1 nitrogen and oxygen atoms in total. The standard InChI is InChI=1S/C15H23FO/c1-11(2)9-12(3)15(4,17)10-13-5-7-14(16)8-6-13/h5-8,11-12,17H,9-10H2,1-4H3. The van der Waals surface area contributed by atoms with Crippen molar-refractivity contribution in [2.45, 2.75) is 46.1 Å². The summed E-state index contributed by atoms with van der Waals surface area (Å²) >= 11 is 0. The Kier molecular flexibility index (Phi) is 4.70. The van der Waals surface area contributed by atoms with Gasteiger partial charge >= 0.3 is 0 Å². The van der Waals surface area contributed by atoms with Crippen LogP contribution in [0.5, 0.6) is 0 Å². The summed E-state index contributed by atoms with van der Waals surface area (Å²) in [5.41, 5.74) is 0.245. The molecule has 17 heavy (non-hydrogen) atoms. The number of rotatable bonds is 5. The summed E-state index contributed by atoms with van der Waals surface area (Å²) in [4.78, 5) is 0. The molecule has 0 heterocycles. The fourth-order valence-corrected chi connectivity index (χ4v) is 2.15. The van der Waals surface area contributed by atoms with Gasteiger partial charge in [-0.1, -0.05) is 32.9 Å². The number of benzene rings is 1. The molecular weight excluding hydrogens is 215 g/mol. The van der Waals surface area contributed by atoms with Crippen LogP contribution in [0.15, 0.2) is 24.3 Å². The summed E-state index contributed by atoms with van der Waals surface area (Å²) in [6.07, 6.45) is 1.56. The van der Waals surface area contributed by atoms with E-state index in [1.807, 2.05) is 6.92 Å². The number of aliphatic hydroxyl groups is 1. The molecule has 0 amide bonds. The van der Waals surface area contributed by atoms with Crippen LogP contribution in [0.1, 0.15) is 39.7 Å². The molecule has 2 unspecified atom stereocenters. The predicted octanol–water partition coefficient (Wildman–Crippen LogP) is 3.80. The highest BCUT2D eigenvalue weighted by Crippen LogP contribution is 2.27.